The molecule has 2 N–H and O–H groups in total. The molecule has 0 aliphatic rings. The molecule has 1 aromatic heterocycles. The van der Waals surface area contributed by atoms with E-state index in [-0.39, 0.29) is 29.3 Å². The van der Waals surface area contributed by atoms with Crippen molar-refractivity contribution < 1.29 is 18.7 Å². The Hall–Kier alpha value is -3.19. The Morgan fingerprint density at radius 2 is 1.96 bits per heavy atom. The number of carbonyl (C=O) groups excluding carboxylic acids is 1. The molecule has 7 heteroatoms. The summed E-state index contributed by atoms with van der Waals surface area (Å²) in [6.45, 7) is 0.560. The molecule has 0 atom stereocenters. The van der Waals surface area contributed by atoms with Gasteiger partial charge in [-0.15, -0.1) is 0 Å². The average molecular weight is 356 g/mol. The smallest absolute Gasteiger partial charge is 0.272 e. The highest BCUT2D eigenvalue weighted by Crippen LogP contribution is 2.21. The molecule has 0 radical (unpaired) electrons. The van der Waals surface area contributed by atoms with Gasteiger partial charge < -0.3 is 19.8 Å². The monoisotopic (exact) mass is 356 g/mol. The lowest BCUT2D eigenvalue weighted by Crippen LogP contribution is -2.19. The third kappa shape index (κ3) is 3.89. The van der Waals surface area contributed by atoms with E-state index in [1.165, 1.54) is 19.2 Å². The summed E-state index contributed by atoms with van der Waals surface area (Å²) in [5.74, 6) is -1.08. The molecule has 6 nitrogen and oxygen atoms in total. The number of nitrogens with one attached hydrogen (secondary N) is 2. The van der Waals surface area contributed by atoms with Crippen LogP contribution in [0.3, 0.4) is 0 Å². The van der Waals surface area contributed by atoms with Crippen LogP contribution in [0.4, 0.5) is 10.1 Å². The second kappa shape index (κ2) is 7.79. The van der Waals surface area contributed by atoms with Gasteiger partial charge in [0, 0.05) is 24.2 Å². The molecular formula is C19H17FN2O4. The minimum Gasteiger partial charge on any atom is -0.488 e. The molecule has 2 aromatic carbocycles. The van der Waals surface area contributed by atoms with E-state index < -0.39 is 11.7 Å². The molecule has 3 rings (SSSR count). The summed E-state index contributed by atoms with van der Waals surface area (Å²) in [5, 5.41) is 3.70. The summed E-state index contributed by atoms with van der Waals surface area (Å²) in [4.78, 5) is 27.0. The lowest BCUT2D eigenvalue weighted by Gasteiger charge is -2.10. The highest BCUT2D eigenvalue weighted by atomic mass is 19.1. The summed E-state index contributed by atoms with van der Waals surface area (Å²) in [7, 11) is 1.52. The van der Waals surface area contributed by atoms with E-state index in [9.17, 15) is 14.0 Å². The number of aromatic amines is 1. The van der Waals surface area contributed by atoms with Crippen LogP contribution in [0.2, 0.25) is 0 Å². The number of aromatic nitrogens is 1. The van der Waals surface area contributed by atoms with Crippen LogP contribution in [-0.4, -0.2) is 31.2 Å². The van der Waals surface area contributed by atoms with E-state index in [1.807, 2.05) is 0 Å². The number of hydrogen-bond acceptors (Lipinski definition) is 4. The molecule has 1 amide bonds. The van der Waals surface area contributed by atoms with E-state index in [4.69, 9.17) is 9.47 Å². The molecule has 0 spiro atoms. The SMILES string of the molecule is COCCOc1ccc(NC(=O)c2cc3ccccc3c(=O)[nH]2)cc1F. The number of carbonyl (C=O) groups is 1. The standard InChI is InChI=1S/C19H17FN2O4/c1-25-8-9-26-17-7-6-13(11-15(17)20)21-19(24)16-10-12-4-2-3-5-14(12)18(23)22-16/h2-7,10-11H,8-9H2,1H3,(H,21,24)(H,22,23). The summed E-state index contributed by atoms with van der Waals surface area (Å²) in [5.41, 5.74) is -0.0172. The van der Waals surface area contributed by atoms with E-state index in [2.05, 4.69) is 10.3 Å². The number of rotatable bonds is 6. The molecule has 0 aliphatic heterocycles. The average Bonchev–Trinajstić information content (AvgIpc) is 2.63. The fourth-order valence-corrected chi connectivity index (χ4v) is 2.46. The van der Waals surface area contributed by atoms with Crippen molar-refractivity contribution in [1.82, 2.24) is 4.98 Å². The number of anilines is 1. The Morgan fingerprint density at radius 3 is 2.73 bits per heavy atom. The lowest BCUT2D eigenvalue weighted by molar-refractivity contribution is 0.102. The topological polar surface area (TPSA) is 80.4 Å². The normalized spacial score (nSPS) is 10.7. The Balaban J connectivity index is 1.77. The van der Waals surface area contributed by atoms with Gasteiger partial charge in [0.2, 0.25) is 0 Å². The maximum atomic E-state index is 14.0. The first kappa shape index (κ1) is 17.6. The van der Waals surface area contributed by atoms with E-state index in [0.717, 1.165) is 6.07 Å². The minimum atomic E-state index is -0.606. The van der Waals surface area contributed by atoms with Crippen molar-refractivity contribution >= 4 is 22.4 Å². The number of ether oxygens (including phenoxy) is 2. The van der Waals surface area contributed by atoms with Crippen LogP contribution in [0.25, 0.3) is 10.8 Å². The first-order chi connectivity index (χ1) is 12.6. The first-order valence-corrected chi connectivity index (χ1v) is 7.93. The third-order valence-corrected chi connectivity index (χ3v) is 3.73. The van der Waals surface area contributed by atoms with Crippen molar-refractivity contribution in [2.24, 2.45) is 0 Å². The highest BCUT2D eigenvalue weighted by Gasteiger charge is 2.12. The quantitative estimate of drug-likeness (QED) is 0.666. The van der Waals surface area contributed by atoms with Gasteiger partial charge in [0.05, 0.1) is 6.61 Å². The molecule has 0 saturated carbocycles. The summed E-state index contributed by atoms with van der Waals surface area (Å²) in [6.07, 6.45) is 0. The second-order valence-electron chi connectivity index (χ2n) is 5.54. The molecule has 0 unspecified atom stereocenters. The number of fused-ring (bicyclic) bond motifs is 1. The molecular weight excluding hydrogens is 339 g/mol. The van der Waals surface area contributed by atoms with Crippen molar-refractivity contribution in [3.05, 3.63) is 70.4 Å². The summed E-state index contributed by atoms with van der Waals surface area (Å²) in [6, 6.07) is 12.6. The van der Waals surface area contributed by atoms with Gasteiger partial charge in [-0.25, -0.2) is 4.39 Å². The Labute approximate surface area is 148 Å². The maximum absolute atomic E-state index is 14.0. The first-order valence-electron chi connectivity index (χ1n) is 7.93. The zero-order chi connectivity index (χ0) is 18.5. The number of benzene rings is 2. The third-order valence-electron chi connectivity index (χ3n) is 3.73. The number of H-pyrrole nitrogens is 1. The Bertz CT molecular complexity index is 1000. The second-order valence-corrected chi connectivity index (χ2v) is 5.54. The molecule has 1 heterocycles. The van der Waals surface area contributed by atoms with Crippen molar-refractivity contribution in [3.8, 4) is 5.75 Å². The van der Waals surface area contributed by atoms with E-state index >= 15 is 0 Å². The molecule has 0 bridgehead atoms. The number of pyridine rings is 1. The molecule has 3 aromatic rings. The lowest BCUT2D eigenvalue weighted by atomic mass is 10.1. The Kier molecular flexibility index (Phi) is 5.28. The summed E-state index contributed by atoms with van der Waals surface area (Å²) < 4.78 is 24.1. The van der Waals surface area contributed by atoms with Gasteiger partial charge in [0.25, 0.3) is 11.5 Å². The molecule has 0 saturated heterocycles. The van der Waals surface area contributed by atoms with Crippen LogP contribution in [0.15, 0.2) is 53.3 Å². The van der Waals surface area contributed by atoms with Gasteiger partial charge in [-0.3, -0.25) is 9.59 Å². The fourth-order valence-electron chi connectivity index (χ4n) is 2.46. The van der Waals surface area contributed by atoms with Crippen LogP contribution in [0.1, 0.15) is 10.5 Å². The van der Waals surface area contributed by atoms with Gasteiger partial charge in [0.1, 0.15) is 12.3 Å². The van der Waals surface area contributed by atoms with E-state index in [1.54, 1.807) is 30.3 Å². The molecule has 0 aliphatic carbocycles. The number of halogens is 1. The van der Waals surface area contributed by atoms with Gasteiger partial charge in [-0.2, -0.15) is 0 Å². The van der Waals surface area contributed by atoms with Crippen LogP contribution in [-0.2, 0) is 4.74 Å². The minimum absolute atomic E-state index is 0.0687. The van der Waals surface area contributed by atoms with E-state index in [0.29, 0.717) is 17.4 Å². The fraction of sp³-hybridized carbons (Fsp3) is 0.158. The maximum Gasteiger partial charge on any atom is 0.272 e. The molecule has 0 fully saturated rings. The zero-order valence-corrected chi connectivity index (χ0v) is 14.0. The predicted octanol–water partition coefficient (Wildman–Crippen LogP) is 2.94. The number of methoxy groups -OCH3 is 1. The van der Waals surface area contributed by atoms with Crippen LogP contribution >= 0.6 is 0 Å². The van der Waals surface area contributed by atoms with Crippen molar-refractivity contribution in [2.75, 3.05) is 25.6 Å². The predicted molar refractivity (Wildman–Crippen MR) is 96.3 cm³/mol. The van der Waals surface area contributed by atoms with Crippen LogP contribution in [0.5, 0.6) is 5.75 Å². The van der Waals surface area contributed by atoms with Crippen molar-refractivity contribution in [2.45, 2.75) is 0 Å². The molecule has 26 heavy (non-hydrogen) atoms. The largest absolute Gasteiger partial charge is 0.488 e. The zero-order valence-electron chi connectivity index (χ0n) is 14.0. The Morgan fingerprint density at radius 1 is 1.15 bits per heavy atom. The van der Waals surface area contributed by atoms with Crippen molar-refractivity contribution in [3.63, 3.8) is 0 Å². The van der Waals surface area contributed by atoms with Gasteiger partial charge in [-0.05, 0) is 29.7 Å². The van der Waals surface area contributed by atoms with Gasteiger partial charge >= 0.3 is 0 Å². The molecule has 134 valence electrons. The van der Waals surface area contributed by atoms with Gasteiger partial charge in [-0.1, -0.05) is 18.2 Å². The number of amides is 1. The highest BCUT2D eigenvalue weighted by molar-refractivity contribution is 6.04. The van der Waals surface area contributed by atoms with Gasteiger partial charge in [0.15, 0.2) is 11.6 Å². The summed E-state index contributed by atoms with van der Waals surface area (Å²) >= 11 is 0. The van der Waals surface area contributed by atoms with Crippen LogP contribution < -0.4 is 15.6 Å². The number of hydrogen-bond donors (Lipinski definition) is 2. The van der Waals surface area contributed by atoms with Crippen LogP contribution in [0, 0.1) is 5.82 Å². The van der Waals surface area contributed by atoms with Crippen molar-refractivity contribution in [1.29, 1.82) is 0 Å².